The van der Waals surface area contributed by atoms with Crippen LogP contribution in [0, 0.1) is 6.92 Å². The Balaban J connectivity index is 1.84. The molecule has 140 valence electrons. The normalized spacial score (nSPS) is 15.6. The first-order valence-corrected chi connectivity index (χ1v) is 10.3. The van der Waals surface area contributed by atoms with Crippen LogP contribution in [0.2, 0.25) is 0 Å². The van der Waals surface area contributed by atoms with Crippen molar-refractivity contribution in [1.29, 1.82) is 0 Å². The lowest BCUT2D eigenvalue weighted by Crippen LogP contribution is -2.40. The Hall–Kier alpha value is -1.94. The van der Waals surface area contributed by atoms with Gasteiger partial charge in [-0.1, -0.05) is 12.1 Å². The fourth-order valence-corrected chi connectivity index (χ4v) is 5.55. The summed E-state index contributed by atoms with van der Waals surface area (Å²) in [5, 5.41) is 2.77. The number of rotatable bonds is 5. The zero-order chi connectivity index (χ0) is 18.7. The summed E-state index contributed by atoms with van der Waals surface area (Å²) in [4.78, 5) is 13.7. The SMILES string of the molecule is COc1ccccc1NC(=O)c1cc(S(=O)(=O)N2CCOCC2)c(C)s1. The molecule has 0 aliphatic carbocycles. The van der Waals surface area contributed by atoms with Gasteiger partial charge in [0.2, 0.25) is 10.0 Å². The van der Waals surface area contributed by atoms with E-state index in [1.807, 2.05) is 0 Å². The lowest BCUT2D eigenvalue weighted by atomic mass is 10.3. The molecule has 0 spiro atoms. The fourth-order valence-electron chi connectivity index (χ4n) is 2.69. The van der Waals surface area contributed by atoms with Crippen molar-refractivity contribution in [3.05, 3.63) is 40.1 Å². The van der Waals surface area contributed by atoms with Crippen LogP contribution in [-0.4, -0.2) is 52.0 Å². The van der Waals surface area contributed by atoms with Crippen molar-refractivity contribution in [1.82, 2.24) is 4.31 Å². The van der Waals surface area contributed by atoms with Gasteiger partial charge in [0.25, 0.3) is 5.91 Å². The molecular formula is C17H20N2O5S2. The van der Waals surface area contributed by atoms with Crippen LogP contribution in [0.15, 0.2) is 35.2 Å². The number of sulfonamides is 1. The van der Waals surface area contributed by atoms with Gasteiger partial charge in [-0.05, 0) is 25.1 Å². The number of amides is 1. The molecule has 0 radical (unpaired) electrons. The minimum absolute atomic E-state index is 0.176. The molecule has 2 heterocycles. The van der Waals surface area contributed by atoms with Gasteiger partial charge in [0.15, 0.2) is 0 Å². The number of nitrogens with zero attached hydrogens (tertiary/aromatic N) is 1. The van der Waals surface area contributed by atoms with Crippen LogP contribution in [0.25, 0.3) is 0 Å². The lowest BCUT2D eigenvalue weighted by Gasteiger charge is -2.25. The molecule has 1 N–H and O–H groups in total. The maximum absolute atomic E-state index is 12.8. The number of hydrogen-bond acceptors (Lipinski definition) is 6. The summed E-state index contributed by atoms with van der Waals surface area (Å²) in [6.45, 7) is 3.10. The Morgan fingerprint density at radius 2 is 1.96 bits per heavy atom. The van der Waals surface area contributed by atoms with Gasteiger partial charge in [0.05, 0.1) is 35.8 Å². The number of carbonyl (C=O) groups excluding carboxylic acids is 1. The Labute approximate surface area is 156 Å². The quantitative estimate of drug-likeness (QED) is 0.839. The third-order valence-electron chi connectivity index (χ3n) is 4.04. The van der Waals surface area contributed by atoms with Gasteiger partial charge >= 0.3 is 0 Å². The fraction of sp³-hybridized carbons (Fsp3) is 0.353. The smallest absolute Gasteiger partial charge is 0.265 e. The van der Waals surface area contributed by atoms with E-state index >= 15 is 0 Å². The first-order chi connectivity index (χ1) is 12.4. The van der Waals surface area contributed by atoms with Gasteiger partial charge in [0.1, 0.15) is 5.75 Å². The Kier molecular flexibility index (Phi) is 5.61. The first-order valence-electron chi connectivity index (χ1n) is 8.06. The van der Waals surface area contributed by atoms with E-state index in [-0.39, 0.29) is 10.8 Å². The van der Waals surface area contributed by atoms with Gasteiger partial charge in [-0.2, -0.15) is 4.31 Å². The second-order valence-corrected chi connectivity index (χ2v) is 8.86. The molecule has 1 aliphatic heterocycles. The molecule has 0 unspecified atom stereocenters. The zero-order valence-electron chi connectivity index (χ0n) is 14.5. The predicted octanol–water partition coefficient (Wildman–Crippen LogP) is 2.34. The molecule has 3 rings (SSSR count). The molecule has 7 nitrogen and oxygen atoms in total. The van der Waals surface area contributed by atoms with Crippen LogP contribution >= 0.6 is 11.3 Å². The highest BCUT2D eigenvalue weighted by Gasteiger charge is 2.30. The monoisotopic (exact) mass is 396 g/mol. The van der Waals surface area contributed by atoms with Gasteiger partial charge in [-0.15, -0.1) is 11.3 Å². The molecular weight excluding hydrogens is 376 g/mol. The second-order valence-electron chi connectivity index (χ2n) is 5.70. The summed E-state index contributed by atoms with van der Waals surface area (Å²) in [6, 6.07) is 8.49. The largest absolute Gasteiger partial charge is 0.495 e. The molecule has 0 atom stereocenters. The van der Waals surface area contributed by atoms with Gasteiger partial charge in [-0.3, -0.25) is 4.79 Å². The maximum atomic E-state index is 12.8. The van der Waals surface area contributed by atoms with Crippen LogP contribution in [0.5, 0.6) is 5.75 Å². The number of aryl methyl sites for hydroxylation is 1. The van der Waals surface area contributed by atoms with E-state index in [4.69, 9.17) is 9.47 Å². The molecule has 1 aliphatic rings. The highest BCUT2D eigenvalue weighted by molar-refractivity contribution is 7.89. The number of para-hydroxylation sites is 2. The van der Waals surface area contributed by atoms with Crippen molar-refractivity contribution < 1.29 is 22.7 Å². The van der Waals surface area contributed by atoms with E-state index < -0.39 is 10.0 Å². The summed E-state index contributed by atoms with van der Waals surface area (Å²) in [7, 11) is -2.11. The number of morpholine rings is 1. The van der Waals surface area contributed by atoms with Crippen molar-refractivity contribution in [3.63, 3.8) is 0 Å². The van der Waals surface area contributed by atoms with E-state index in [0.717, 1.165) is 11.3 Å². The van der Waals surface area contributed by atoms with Crippen LogP contribution in [-0.2, 0) is 14.8 Å². The predicted molar refractivity (Wildman–Crippen MR) is 99.6 cm³/mol. The zero-order valence-corrected chi connectivity index (χ0v) is 16.2. The number of carbonyl (C=O) groups is 1. The molecule has 0 bridgehead atoms. The first kappa shape index (κ1) is 18.8. The molecule has 26 heavy (non-hydrogen) atoms. The van der Waals surface area contributed by atoms with E-state index in [9.17, 15) is 13.2 Å². The van der Waals surface area contributed by atoms with Crippen molar-refractivity contribution in [2.24, 2.45) is 0 Å². The highest BCUT2D eigenvalue weighted by Crippen LogP contribution is 2.30. The van der Waals surface area contributed by atoms with Crippen molar-refractivity contribution in [2.75, 3.05) is 38.7 Å². The minimum Gasteiger partial charge on any atom is -0.495 e. The number of anilines is 1. The number of benzene rings is 1. The molecule has 1 saturated heterocycles. The summed E-state index contributed by atoms with van der Waals surface area (Å²) in [6.07, 6.45) is 0. The Bertz CT molecular complexity index is 902. The molecule has 1 fully saturated rings. The van der Waals surface area contributed by atoms with Crippen molar-refractivity contribution in [3.8, 4) is 5.75 Å². The van der Waals surface area contributed by atoms with E-state index in [0.29, 0.717) is 47.5 Å². The number of nitrogens with one attached hydrogen (secondary N) is 1. The number of thiophene rings is 1. The van der Waals surface area contributed by atoms with Crippen LogP contribution in [0.4, 0.5) is 5.69 Å². The van der Waals surface area contributed by atoms with Crippen molar-refractivity contribution >= 4 is 33.0 Å². The average molecular weight is 396 g/mol. The molecule has 1 aromatic heterocycles. The van der Waals surface area contributed by atoms with E-state index in [1.54, 1.807) is 31.2 Å². The van der Waals surface area contributed by atoms with Crippen LogP contribution in [0.1, 0.15) is 14.5 Å². The molecule has 1 aromatic carbocycles. The van der Waals surface area contributed by atoms with Gasteiger partial charge < -0.3 is 14.8 Å². The molecule has 0 saturated carbocycles. The summed E-state index contributed by atoms with van der Waals surface area (Å²) in [5.41, 5.74) is 0.531. The lowest BCUT2D eigenvalue weighted by molar-refractivity contribution is 0.0730. The third-order valence-corrected chi connectivity index (χ3v) is 7.24. The van der Waals surface area contributed by atoms with Gasteiger partial charge in [-0.25, -0.2) is 8.42 Å². The summed E-state index contributed by atoms with van der Waals surface area (Å²) < 4.78 is 37.5. The summed E-state index contributed by atoms with van der Waals surface area (Å²) >= 11 is 1.16. The molecule has 9 heteroatoms. The maximum Gasteiger partial charge on any atom is 0.265 e. The van der Waals surface area contributed by atoms with Gasteiger partial charge in [0, 0.05) is 18.0 Å². The van der Waals surface area contributed by atoms with E-state index in [1.165, 1.54) is 17.5 Å². The number of hydrogen-bond donors (Lipinski definition) is 1. The number of methoxy groups -OCH3 is 1. The molecule has 2 aromatic rings. The topological polar surface area (TPSA) is 84.9 Å². The Morgan fingerprint density at radius 3 is 2.65 bits per heavy atom. The van der Waals surface area contributed by atoms with Crippen LogP contribution < -0.4 is 10.1 Å². The molecule has 1 amide bonds. The number of ether oxygens (including phenoxy) is 2. The minimum atomic E-state index is -3.63. The average Bonchev–Trinajstić information content (AvgIpc) is 3.05. The van der Waals surface area contributed by atoms with Crippen molar-refractivity contribution in [2.45, 2.75) is 11.8 Å². The highest BCUT2D eigenvalue weighted by atomic mass is 32.2. The standard InChI is InChI=1S/C17H20N2O5S2/c1-12-16(26(21,22)19-7-9-24-10-8-19)11-15(25-12)17(20)18-13-5-3-4-6-14(13)23-2/h3-6,11H,7-10H2,1-2H3,(H,18,20). The Morgan fingerprint density at radius 1 is 1.27 bits per heavy atom. The second kappa shape index (κ2) is 7.75. The third kappa shape index (κ3) is 3.75. The summed E-state index contributed by atoms with van der Waals surface area (Å²) in [5.74, 6) is 0.168. The van der Waals surface area contributed by atoms with Crippen LogP contribution in [0.3, 0.4) is 0 Å². The van der Waals surface area contributed by atoms with E-state index in [2.05, 4.69) is 5.32 Å².